The number of aromatic hydroxyl groups is 1. The van der Waals surface area contributed by atoms with E-state index in [0.29, 0.717) is 53.6 Å². The Hall–Kier alpha value is -2.32. The maximum absolute atomic E-state index is 14.6. The number of fused-ring (bicyclic) bond motifs is 1. The number of nitrogens with zero attached hydrogens (tertiary/aromatic N) is 4. The van der Waals surface area contributed by atoms with Gasteiger partial charge in [0.2, 0.25) is 10.8 Å². The van der Waals surface area contributed by atoms with Crippen molar-refractivity contribution in [1.82, 2.24) is 19.5 Å². The zero-order chi connectivity index (χ0) is 18.3. The first kappa shape index (κ1) is 17.1. The molecule has 1 N–H and O–H groups in total. The molecule has 1 aliphatic rings. The Morgan fingerprint density at radius 2 is 2.04 bits per heavy atom. The normalized spacial score (nSPS) is 17.1. The van der Waals surface area contributed by atoms with Crippen LogP contribution in [0.1, 0.15) is 42.1 Å². The van der Waals surface area contributed by atoms with Gasteiger partial charge in [-0.2, -0.15) is 4.52 Å². The van der Waals surface area contributed by atoms with Crippen LogP contribution in [-0.4, -0.2) is 43.5 Å². The van der Waals surface area contributed by atoms with Gasteiger partial charge in [-0.15, -0.1) is 5.10 Å². The summed E-state index contributed by atoms with van der Waals surface area (Å²) in [7, 11) is 0. The van der Waals surface area contributed by atoms with Crippen LogP contribution in [0.4, 0.5) is 4.39 Å². The van der Waals surface area contributed by atoms with Crippen LogP contribution in [0.3, 0.4) is 0 Å². The summed E-state index contributed by atoms with van der Waals surface area (Å²) < 4.78 is 16.0. The largest absolute Gasteiger partial charge is 0.492 e. The van der Waals surface area contributed by atoms with Crippen LogP contribution in [0.25, 0.3) is 4.96 Å². The highest BCUT2D eigenvalue weighted by molar-refractivity contribution is 7.17. The molecule has 0 aliphatic carbocycles. The Kier molecular flexibility index (Phi) is 4.46. The van der Waals surface area contributed by atoms with Crippen molar-refractivity contribution in [3.05, 3.63) is 46.3 Å². The number of Topliss-reactive ketones (excluding diaryl/α,β-unsaturated/α-hetero) is 1. The fourth-order valence-corrected chi connectivity index (χ4v) is 4.48. The van der Waals surface area contributed by atoms with Crippen LogP contribution >= 0.6 is 11.3 Å². The highest BCUT2D eigenvalue weighted by Crippen LogP contribution is 2.41. The molecule has 1 aliphatic heterocycles. The molecular formula is C18H19FN4O2S. The minimum Gasteiger partial charge on any atom is -0.492 e. The number of hydrogen-bond acceptors (Lipinski definition) is 6. The lowest BCUT2D eigenvalue weighted by Gasteiger charge is -2.33. The SMILES string of the molecule is CCc1nc2sc(C(c3ccccc3F)N3CCC(=O)CC3)c(O)n2n1. The summed E-state index contributed by atoms with van der Waals surface area (Å²) in [6.45, 7) is 3.01. The number of halogens is 1. The number of piperidine rings is 1. The molecule has 0 amide bonds. The molecule has 0 radical (unpaired) electrons. The number of hydrogen-bond donors (Lipinski definition) is 1. The summed E-state index contributed by atoms with van der Waals surface area (Å²) in [4.78, 5) is 19.3. The van der Waals surface area contributed by atoms with Gasteiger partial charge in [0.1, 0.15) is 11.6 Å². The number of rotatable bonds is 4. The lowest BCUT2D eigenvalue weighted by Crippen LogP contribution is -2.37. The topological polar surface area (TPSA) is 70.7 Å². The quantitative estimate of drug-likeness (QED) is 0.760. The van der Waals surface area contributed by atoms with E-state index in [1.807, 2.05) is 11.8 Å². The van der Waals surface area contributed by atoms with Crippen molar-refractivity contribution in [2.45, 2.75) is 32.2 Å². The minimum absolute atomic E-state index is 0.0117. The monoisotopic (exact) mass is 374 g/mol. The van der Waals surface area contributed by atoms with Crippen molar-refractivity contribution in [3.63, 3.8) is 0 Å². The van der Waals surface area contributed by atoms with E-state index in [0.717, 1.165) is 0 Å². The van der Waals surface area contributed by atoms with Gasteiger partial charge in [0, 0.05) is 37.9 Å². The molecule has 0 spiro atoms. The van der Waals surface area contributed by atoms with Crippen molar-refractivity contribution in [1.29, 1.82) is 0 Å². The number of aryl methyl sites for hydroxylation is 1. The first-order valence-electron chi connectivity index (χ1n) is 8.66. The molecule has 1 saturated heterocycles. The van der Waals surface area contributed by atoms with E-state index < -0.39 is 6.04 Å². The number of carbonyl (C=O) groups excluding carboxylic acids is 1. The van der Waals surface area contributed by atoms with Gasteiger partial charge >= 0.3 is 0 Å². The molecule has 26 heavy (non-hydrogen) atoms. The predicted molar refractivity (Wildman–Crippen MR) is 96.0 cm³/mol. The first-order chi connectivity index (χ1) is 12.6. The van der Waals surface area contributed by atoms with E-state index in [9.17, 15) is 14.3 Å². The number of benzene rings is 1. The zero-order valence-electron chi connectivity index (χ0n) is 14.4. The maximum atomic E-state index is 14.6. The number of likely N-dealkylation sites (tertiary alicyclic amines) is 1. The summed E-state index contributed by atoms with van der Waals surface area (Å²) in [6.07, 6.45) is 1.55. The van der Waals surface area contributed by atoms with Crippen molar-refractivity contribution < 1.29 is 14.3 Å². The molecule has 4 rings (SSSR count). The van der Waals surface area contributed by atoms with E-state index in [2.05, 4.69) is 10.1 Å². The molecule has 136 valence electrons. The van der Waals surface area contributed by atoms with Crippen LogP contribution in [0, 0.1) is 5.82 Å². The van der Waals surface area contributed by atoms with Crippen molar-refractivity contribution in [2.24, 2.45) is 0 Å². The van der Waals surface area contributed by atoms with E-state index in [4.69, 9.17) is 0 Å². The summed E-state index contributed by atoms with van der Waals surface area (Å²) in [5.41, 5.74) is 0.484. The third-order valence-corrected chi connectivity index (χ3v) is 5.80. The Morgan fingerprint density at radius 3 is 2.69 bits per heavy atom. The van der Waals surface area contributed by atoms with Crippen LogP contribution < -0.4 is 0 Å². The number of aromatic nitrogens is 3. The molecule has 1 unspecified atom stereocenters. The number of carbonyl (C=O) groups is 1. The molecule has 2 aromatic heterocycles. The predicted octanol–water partition coefficient (Wildman–Crippen LogP) is 2.95. The van der Waals surface area contributed by atoms with Gasteiger partial charge in [-0.05, 0) is 6.07 Å². The molecule has 0 bridgehead atoms. The molecule has 1 aromatic carbocycles. The van der Waals surface area contributed by atoms with Crippen molar-refractivity contribution in [3.8, 4) is 5.88 Å². The Bertz CT molecular complexity index is 957. The number of thiazole rings is 1. The van der Waals surface area contributed by atoms with E-state index in [1.54, 1.807) is 18.2 Å². The van der Waals surface area contributed by atoms with Crippen LogP contribution in [0.15, 0.2) is 24.3 Å². The number of ketones is 1. The standard InChI is InChI=1S/C18H19FN4O2S/c1-2-14-20-18-23(21-14)17(25)16(26-18)15(12-5-3-4-6-13(12)19)22-9-7-11(24)8-10-22/h3-6,15,25H,2,7-10H2,1H3. The Morgan fingerprint density at radius 1 is 1.31 bits per heavy atom. The van der Waals surface area contributed by atoms with E-state index in [1.165, 1.54) is 21.9 Å². The van der Waals surface area contributed by atoms with E-state index in [-0.39, 0.29) is 17.5 Å². The van der Waals surface area contributed by atoms with Crippen LogP contribution in [-0.2, 0) is 11.2 Å². The van der Waals surface area contributed by atoms with Gasteiger partial charge in [-0.3, -0.25) is 9.69 Å². The summed E-state index contributed by atoms with van der Waals surface area (Å²) >= 11 is 1.31. The highest BCUT2D eigenvalue weighted by atomic mass is 32.1. The summed E-state index contributed by atoms with van der Waals surface area (Å²) in [5, 5.41) is 15.1. The Balaban J connectivity index is 1.82. The average Bonchev–Trinajstić information content (AvgIpc) is 3.18. The third-order valence-electron chi connectivity index (χ3n) is 4.73. The van der Waals surface area contributed by atoms with Gasteiger partial charge in [0.15, 0.2) is 5.82 Å². The maximum Gasteiger partial charge on any atom is 0.230 e. The smallest absolute Gasteiger partial charge is 0.230 e. The van der Waals surface area contributed by atoms with Crippen molar-refractivity contribution in [2.75, 3.05) is 13.1 Å². The lowest BCUT2D eigenvalue weighted by molar-refractivity contribution is -0.121. The van der Waals surface area contributed by atoms with Gasteiger partial charge in [0.25, 0.3) is 0 Å². The molecule has 3 aromatic rings. The summed E-state index contributed by atoms with van der Waals surface area (Å²) in [5.74, 6) is 0.529. The molecule has 3 heterocycles. The highest BCUT2D eigenvalue weighted by Gasteiger charge is 2.33. The molecular weight excluding hydrogens is 355 g/mol. The molecule has 0 saturated carbocycles. The third kappa shape index (κ3) is 2.89. The fraction of sp³-hybridized carbons (Fsp3) is 0.389. The summed E-state index contributed by atoms with van der Waals surface area (Å²) in [6, 6.07) is 6.10. The minimum atomic E-state index is -0.470. The molecule has 1 fully saturated rings. The van der Waals surface area contributed by atoms with Crippen LogP contribution in [0.2, 0.25) is 0 Å². The second-order valence-corrected chi connectivity index (χ2v) is 7.37. The lowest BCUT2D eigenvalue weighted by atomic mass is 9.99. The van der Waals surface area contributed by atoms with Gasteiger partial charge in [-0.25, -0.2) is 9.37 Å². The molecule has 8 heteroatoms. The zero-order valence-corrected chi connectivity index (χ0v) is 15.2. The second-order valence-electron chi connectivity index (χ2n) is 6.36. The van der Waals surface area contributed by atoms with E-state index >= 15 is 0 Å². The van der Waals surface area contributed by atoms with Crippen molar-refractivity contribution >= 4 is 22.1 Å². The van der Waals surface area contributed by atoms with Crippen LogP contribution in [0.5, 0.6) is 5.88 Å². The average molecular weight is 374 g/mol. The molecule has 6 nitrogen and oxygen atoms in total. The second kappa shape index (κ2) is 6.77. The fourth-order valence-electron chi connectivity index (χ4n) is 3.35. The first-order valence-corrected chi connectivity index (χ1v) is 9.47. The van der Waals surface area contributed by atoms with Gasteiger partial charge in [-0.1, -0.05) is 36.5 Å². The van der Waals surface area contributed by atoms with Gasteiger partial charge < -0.3 is 5.11 Å². The Labute approximate surface area is 153 Å². The molecule has 1 atom stereocenters. The van der Waals surface area contributed by atoms with Gasteiger partial charge in [0.05, 0.1) is 10.9 Å².